The van der Waals surface area contributed by atoms with E-state index in [4.69, 9.17) is 33.2 Å². The van der Waals surface area contributed by atoms with Crippen LogP contribution in [0, 0.1) is 0 Å². The minimum atomic E-state index is -1.43. The van der Waals surface area contributed by atoms with Crippen molar-refractivity contribution in [2.75, 3.05) is 13.7 Å². The zero-order chi connectivity index (χ0) is 30.1. The molecule has 12 heteroatoms. The fourth-order valence-electron chi connectivity index (χ4n) is 4.10. The van der Waals surface area contributed by atoms with Crippen LogP contribution in [-0.2, 0) is 42.9 Å². The summed E-state index contributed by atoms with van der Waals surface area (Å²) in [6, 6.07) is 11.7. The Morgan fingerprint density at radius 1 is 0.756 bits per heavy atom. The van der Waals surface area contributed by atoms with Crippen molar-refractivity contribution in [2.45, 2.75) is 58.4 Å². The second-order valence-electron chi connectivity index (χ2n) is 9.05. The van der Waals surface area contributed by atoms with E-state index < -0.39 is 61.2 Å². The summed E-state index contributed by atoms with van der Waals surface area (Å²) in [4.78, 5) is 47.4. The number of hydrogen-bond donors (Lipinski definition) is 1. The molecule has 0 aliphatic carbocycles. The molecule has 0 bridgehead atoms. The van der Waals surface area contributed by atoms with Crippen molar-refractivity contribution in [3.8, 4) is 17.2 Å². The fourth-order valence-corrected chi connectivity index (χ4v) is 4.10. The number of carbonyl (C=O) groups excluding carboxylic acids is 4. The Hall–Kier alpha value is -4.58. The number of phenolic OH excluding ortho intramolecular Hbond substituents is 1. The summed E-state index contributed by atoms with van der Waals surface area (Å²) in [5.41, 5.74) is 1.43. The summed E-state index contributed by atoms with van der Waals surface area (Å²) in [5, 5.41) is 10.4. The third-order valence-electron chi connectivity index (χ3n) is 5.70. The number of esters is 4. The molecule has 0 spiro atoms. The molecular weight excluding hydrogens is 540 g/mol. The predicted molar refractivity (Wildman–Crippen MR) is 143 cm³/mol. The summed E-state index contributed by atoms with van der Waals surface area (Å²) in [5.74, 6) is -2.23. The van der Waals surface area contributed by atoms with Crippen LogP contribution in [0.3, 0.4) is 0 Å². The van der Waals surface area contributed by atoms with Gasteiger partial charge in [0.05, 0.1) is 7.11 Å². The maximum atomic E-state index is 12.0. The Morgan fingerprint density at radius 2 is 1.34 bits per heavy atom. The first-order valence-corrected chi connectivity index (χ1v) is 12.6. The normalized spacial score (nSPS) is 21.9. The predicted octanol–water partition coefficient (Wildman–Crippen LogP) is 3.03. The van der Waals surface area contributed by atoms with E-state index in [1.54, 1.807) is 31.4 Å². The van der Waals surface area contributed by atoms with Crippen molar-refractivity contribution in [3.63, 3.8) is 0 Å². The van der Waals surface area contributed by atoms with Crippen LogP contribution in [0.2, 0.25) is 0 Å². The maximum Gasteiger partial charge on any atom is 0.303 e. The first-order chi connectivity index (χ1) is 19.4. The number of carbonyl (C=O) groups is 4. The molecule has 0 amide bonds. The topological polar surface area (TPSA) is 153 Å². The van der Waals surface area contributed by atoms with E-state index in [0.717, 1.165) is 26.3 Å². The zero-order valence-electron chi connectivity index (χ0n) is 23.2. The van der Waals surface area contributed by atoms with Crippen molar-refractivity contribution >= 4 is 36.0 Å². The summed E-state index contributed by atoms with van der Waals surface area (Å²) < 4.78 is 38.4. The van der Waals surface area contributed by atoms with Gasteiger partial charge in [0.2, 0.25) is 12.4 Å². The monoisotopic (exact) mass is 572 g/mol. The first kappa shape index (κ1) is 31.0. The first-order valence-electron chi connectivity index (χ1n) is 12.6. The molecule has 0 radical (unpaired) electrons. The van der Waals surface area contributed by atoms with Crippen molar-refractivity contribution in [1.29, 1.82) is 0 Å². The quantitative estimate of drug-likeness (QED) is 0.253. The molecule has 220 valence electrons. The number of benzene rings is 2. The zero-order valence-corrected chi connectivity index (χ0v) is 23.2. The third kappa shape index (κ3) is 9.24. The van der Waals surface area contributed by atoms with Gasteiger partial charge in [-0.3, -0.25) is 19.2 Å². The lowest BCUT2D eigenvalue weighted by atomic mass is 9.98. The van der Waals surface area contributed by atoms with E-state index in [1.165, 1.54) is 19.1 Å². The molecule has 12 nitrogen and oxygen atoms in total. The van der Waals surface area contributed by atoms with Gasteiger partial charge in [-0.2, -0.15) is 0 Å². The molecule has 1 N–H and O–H groups in total. The fraction of sp³-hybridized carbons (Fsp3) is 0.379. The molecule has 0 saturated carbocycles. The molecule has 41 heavy (non-hydrogen) atoms. The molecule has 2 aromatic carbocycles. The Kier molecular flexibility index (Phi) is 10.7. The van der Waals surface area contributed by atoms with Gasteiger partial charge < -0.3 is 38.3 Å². The molecular formula is C29H32O12. The van der Waals surface area contributed by atoms with E-state index >= 15 is 0 Å². The molecule has 1 saturated heterocycles. The largest absolute Gasteiger partial charge is 0.508 e. The Morgan fingerprint density at radius 3 is 1.93 bits per heavy atom. The van der Waals surface area contributed by atoms with Crippen LogP contribution in [0.25, 0.3) is 12.2 Å². The summed E-state index contributed by atoms with van der Waals surface area (Å²) in [6.07, 6.45) is -3.16. The molecule has 3 rings (SSSR count). The number of aromatic hydroxyl groups is 1. The molecule has 2 aromatic rings. The van der Waals surface area contributed by atoms with Crippen molar-refractivity contribution in [3.05, 3.63) is 53.6 Å². The molecule has 1 fully saturated rings. The maximum absolute atomic E-state index is 12.0. The van der Waals surface area contributed by atoms with E-state index in [-0.39, 0.29) is 11.5 Å². The van der Waals surface area contributed by atoms with E-state index in [2.05, 4.69) is 0 Å². The average Bonchev–Trinajstić information content (AvgIpc) is 2.89. The molecule has 1 aliphatic heterocycles. The molecule has 5 atom stereocenters. The Balaban J connectivity index is 1.95. The summed E-state index contributed by atoms with van der Waals surface area (Å²) in [7, 11) is 1.57. The molecule has 0 unspecified atom stereocenters. The Labute approximate surface area is 236 Å². The smallest absolute Gasteiger partial charge is 0.303 e. The van der Waals surface area contributed by atoms with Crippen molar-refractivity contribution < 1.29 is 57.4 Å². The highest BCUT2D eigenvalue weighted by molar-refractivity contribution is 5.71. The SMILES string of the molecule is COc1ccc(/C=C/c2cc(O)cc(O[C@@H]3O[C@H](COC(C)=O)[C@@H](OC(C)=O)[C@H](OC(C)=O)[C@H]3OC(C)=O)c2)cc1. The summed E-state index contributed by atoms with van der Waals surface area (Å²) >= 11 is 0. The number of hydrogen-bond acceptors (Lipinski definition) is 12. The number of phenols is 1. The van der Waals surface area contributed by atoms with Crippen LogP contribution >= 0.6 is 0 Å². The second kappa shape index (κ2) is 14.2. The summed E-state index contributed by atoms with van der Waals surface area (Å²) in [6.45, 7) is 4.16. The standard InChI is InChI=1S/C29H32O12/c1-16(30)36-15-25-26(37-17(2)31)27(38-18(3)32)28(39-19(4)33)29(41-25)40-24-13-21(12-22(34)14-24)7-6-20-8-10-23(35-5)11-9-20/h6-14,25-29,34H,15H2,1-5H3/b7-6+/t25-,26-,27+,28-,29-/m1/s1. The van der Waals surface area contributed by atoms with Gasteiger partial charge in [0, 0.05) is 33.8 Å². The van der Waals surface area contributed by atoms with Crippen LogP contribution in [0.4, 0.5) is 0 Å². The van der Waals surface area contributed by atoms with Gasteiger partial charge in [-0.15, -0.1) is 0 Å². The van der Waals surface area contributed by atoms with Gasteiger partial charge in [0.1, 0.15) is 30.0 Å². The number of methoxy groups -OCH3 is 1. The average molecular weight is 573 g/mol. The lowest BCUT2D eigenvalue weighted by Crippen LogP contribution is -2.63. The van der Waals surface area contributed by atoms with E-state index in [0.29, 0.717) is 11.3 Å². The minimum Gasteiger partial charge on any atom is -0.508 e. The van der Waals surface area contributed by atoms with Gasteiger partial charge in [-0.25, -0.2) is 0 Å². The van der Waals surface area contributed by atoms with Crippen LogP contribution < -0.4 is 9.47 Å². The van der Waals surface area contributed by atoms with Crippen molar-refractivity contribution in [2.24, 2.45) is 0 Å². The van der Waals surface area contributed by atoms with Crippen LogP contribution in [0.5, 0.6) is 17.2 Å². The highest BCUT2D eigenvalue weighted by atomic mass is 16.7. The lowest BCUT2D eigenvalue weighted by molar-refractivity contribution is -0.288. The van der Waals surface area contributed by atoms with E-state index in [1.807, 2.05) is 18.2 Å². The Bertz CT molecular complexity index is 1270. The molecule has 0 aromatic heterocycles. The highest BCUT2D eigenvalue weighted by Crippen LogP contribution is 2.32. The van der Waals surface area contributed by atoms with Gasteiger partial charge in [-0.05, 0) is 35.4 Å². The number of rotatable bonds is 10. The lowest BCUT2D eigenvalue weighted by Gasteiger charge is -2.43. The molecule has 1 aliphatic rings. The van der Waals surface area contributed by atoms with Crippen LogP contribution in [0.15, 0.2) is 42.5 Å². The van der Waals surface area contributed by atoms with Crippen LogP contribution in [0.1, 0.15) is 38.8 Å². The molecule has 1 heterocycles. The highest BCUT2D eigenvalue weighted by Gasteiger charge is 2.53. The van der Waals surface area contributed by atoms with E-state index in [9.17, 15) is 24.3 Å². The van der Waals surface area contributed by atoms with Crippen molar-refractivity contribution in [1.82, 2.24) is 0 Å². The second-order valence-corrected chi connectivity index (χ2v) is 9.05. The van der Waals surface area contributed by atoms with Crippen LogP contribution in [-0.4, -0.2) is 73.4 Å². The van der Waals surface area contributed by atoms with Gasteiger partial charge in [0.25, 0.3) is 0 Å². The van der Waals surface area contributed by atoms with Gasteiger partial charge in [-0.1, -0.05) is 24.3 Å². The number of ether oxygens (including phenoxy) is 7. The minimum absolute atomic E-state index is 0.111. The van der Waals surface area contributed by atoms with Gasteiger partial charge in [0.15, 0.2) is 12.2 Å². The van der Waals surface area contributed by atoms with Gasteiger partial charge >= 0.3 is 23.9 Å². The third-order valence-corrected chi connectivity index (χ3v) is 5.70.